The second-order valence-electron chi connectivity index (χ2n) is 5.26. The van der Waals surface area contributed by atoms with Gasteiger partial charge in [0, 0.05) is 12.2 Å². The van der Waals surface area contributed by atoms with Gasteiger partial charge in [0.15, 0.2) is 0 Å². The van der Waals surface area contributed by atoms with Gasteiger partial charge in [-0.15, -0.1) is 0 Å². The Bertz CT molecular complexity index is 474. The Kier molecular flexibility index (Phi) is 5.13. The average molecular weight is 279 g/mol. The number of nitrogens with zero attached hydrogens (tertiary/aromatic N) is 1. The zero-order valence-corrected chi connectivity index (χ0v) is 12.6. The van der Waals surface area contributed by atoms with Crippen LogP contribution in [0.1, 0.15) is 38.1 Å². The summed E-state index contributed by atoms with van der Waals surface area (Å²) in [5, 5.41) is 0. The van der Waals surface area contributed by atoms with Crippen LogP contribution in [0.3, 0.4) is 0 Å². The van der Waals surface area contributed by atoms with E-state index in [4.69, 9.17) is 4.74 Å². The van der Waals surface area contributed by atoms with E-state index in [-0.39, 0.29) is 0 Å². The topological polar surface area (TPSA) is 55.8 Å². The van der Waals surface area contributed by atoms with Crippen molar-refractivity contribution in [1.82, 2.24) is 0 Å². The minimum atomic E-state index is -0.545. The van der Waals surface area contributed by atoms with Gasteiger partial charge >= 0.3 is 12.1 Å². The third-order valence-corrected chi connectivity index (χ3v) is 2.53. The molecule has 20 heavy (non-hydrogen) atoms. The van der Waals surface area contributed by atoms with Gasteiger partial charge in [0.1, 0.15) is 5.60 Å². The zero-order valence-electron chi connectivity index (χ0n) is 12.6. The van der Waals surface area contributed by atoms with E-state index in [1.54, 1.807) is 24.3 Å². The summed E-state index contributed by atoms with van der Waals surface area (Å²) in [7, 11) is 1.33. The number of amides is 1. The Labute approximate surface area is 119 Å². The lowest BCUT2D eigenvalue weighted by Gasteiger charge is -2.26. The van der Waals surface area contributed by atoms with Crippen molar-refractivity contribution in [2.24, 2.45) is 0 Å². The van der Waals surface area contributed by atoms with Gasteiger partial charge in [-0.1, -0.05) is 0 Å². The Morgan fingerprint density at radius 2 is 1.70 bits per heavy atom. The van der Waals surface area contributed by atoms with E-state index in [0.29, 0.717) is 17.8 Å². The molecule has 0 radical (unpaired) electrons. The molecule has 0 unspecified atom stereocenters. The molecule has 0 aliphatic heterocycles. The van der Waals surface area contributed by atoms with Gasteiger partial charge in [0.25, 0.3) is 0 Å². The summed E-state index contributed by atoms with van der Waals surface area (Å²) in [6, 6.07) is 6.63. The van der Waals surface area contributed by atoms with Gasteiger partial charge in [0.05, 0.1) is 12.7 Å². The molecule has 0 fully saturated rings. The molecule has 5 heteroatoms. The van der Waals surface area contributed by atoms with Crippen LogP contribution >= 0.6 is 0 Å². The van der Waals surface area contributed by atoms with Crippen molar-refractivity contribution >= 4 is 17.7 Å². The number of hydrogen-bond donors (Lipinski definition) is 0. The van der Waals surface area contributed by atoms with Crippen LogP contribution in [0.25, 0.3) is 0 Å². The van der Waals surface area contributed by atoms with Gasteiger partial charge in [-0.25, -0.2) is 9.59 Å². The van der Waals surface area contributed by atoms with Crippen molar-refractivity contribution in [3.63, 3.8) is 0 Å². The maximum atomic E-state index is 12.1. The van der Waals surface area contributed by atoms with E-state index in [1.165, 1.54) is 12.0 Å². The Morgan fingerprint density at radius 1 is 1.15 bits per heavy atom. The standard InChI is InChI=1S/C15H21NO4/c1-6-16(14(18)20-15(2,3)4)12-9-7-11(8-10-12)13(17)19-5/h7-10H,6H2,1-5H3. The molecule has 5 nitrogen and oxygen atoms in total. The van der Waals surface area contributed by atoms with Crippen molar-refractivity contribution in [2.75, 3.05) is 18.6 Å². The van der Waals surface area contributed by atoms with Crippen LogP contribution in [0.15, 0.2) is 24.3 Å². The first-order chi connectivity index (χ1) is 9.28. The molecule has 1 amide bonds. The third kappa shape index (κ3) is 4.26. The summed E-state index contributed by atoms with van der Waals surface area (Å²) in [6.45, 7) is 7.79. The zero-order chi connectivity index (χ0) is 15.3. The highest BCUT2D eigenvalue weighted by molar-refractivity contribution is 5.91. The molecule has 0 saturated heterocycles. The number of benzene rings is 1. The molecule has 0 aliphatic carbocycles. The smallest absolute Gasteiger partial charge is 0.414 e. The van der Waals surface area contributed by atoms with E-state index in [2.05, 4.69) is 4.74 Å². The van der Waals surface area contributed by atoms with Crippen LogP contribution in [0.4, 0.5) is 10.5 Å². The fourth-order valence-corrected chi connectivity index (χ4v) is 1.63. The lowest BCUT2D eigenvalue weighted by Crippen LogP contribution is -2.36. The molecule has 0 N–H and O–H groups in total. The second kappa shape index (κ2) is 6.41. The number of esters is 1. The van der Waals surface area contributed by atoms with Crippen molar-refractivity contribution in [3.8, 4) is 0 Å². The molecule has 1 aromatic carbocycles. The molecule has 0 spiro atoms. The van der Waals surface area contributed by atoms with Crippen LogP contribution in [0.5, 0.6) is 0 Å². The highest BCUT2D eigenvalue weighted by Gasteiger charge is 2.22. The number of hydrogen-bond acceptors (Lipinski definition) is 4. The molecule has 0 heterocycles. The fourth-order valence-electron chi connectivity index (χ4n) is 1.63. The number of rotatable bonds is 3. The maximum Gasteiger partial charge on any atom is 0.414 e. The average Bonchev–Trinajstić information content (AvgIpc) is 2.37. The SMILES string of the molecule is CCN(C(=O)OC(C)(C)C)c1ccc(C(=O)OC)cc1. The Balaban J connectivity index is 2.90. The Hall–Kier alpha value is -2.04. The molecule has 110 valence electrons. The maximum absolute atomic E-state index is 12.1. The molecule has 0 aromatic heterocycles. The normalized spacial score (nSPS) is 10.8. The Morgan fingerprint density at radius 3 is 2.10 bits per heavy atom. The fraction of sp³-hybridized carbons (Fsp3) is 0.467. The summed E-state index contributed by atoms with van der Waals surface area (Å²) in [5.74, 6) is -0.406. The largest absolute Gasteiger partial charge is 0.465 e. The predicted octanol–water partition coefficient (Wildman–Crippen LogP) is 3.23. The quantitative estimate of drug-likeness (QED) is 0.797. The molecule has 0 bridgehead atoms. The highest BCUT2D eigenvalue weighted by Crippen LogP contribution is 2.19. The van der Waals surface area contributed by atoms with Crippen LogP contribution in [-0.2, 0) is 9.47 Å². The first-order valence-corrected chi connectivity index (χ1v) is 6.47. The van der Waals surface area contributed by atoms with E-state index in [9.17, 15) is 9.59 Å². The van der Waals surface area contributed by atoms with Crippen molar-refractivity contribution < 1.29 is 19.1 Å². The molecular weight excluding hydrogens is 258 g/mol. The number of anilines is 1. The van der Waals surface area contributed by atoms with E-state index in [1.807, 2.05) is 27.7 Å². The van der Waals surface area contributed by atoms with Crippen LogP contribution in [0.2, 0.25) is 0 Å². The van der Waals surface area contributed by atoms with Crippen LogP contribution in [-0.4, -0.2) is 31.3 Å². The summed E-state index contributed by atoms with van der Waals surface area (Å²) in [6.07, 6.45) is -0.411. The van der Waals surface area contributed by atoms with Crippen LogP contribution < -0.4 is 4.90 Å². The molecule has 0 aliphatic rings. The van der Waals surface area contributed by atoms with Gasteiger partial charge in [0.2, 0.25) is 0 Å². The van der Waals surface area contributed by atoms with E-state index in [0.717, 1.165) is 0 Å². The molecule has 1 rings (SSSR count). The molecule has 0 saturated carbocycles. The van der Waals surface area contributed by atoms with Gasteiger partial charge in [-0.05, 0) is 52.0 Å². The highest BCUT2D eigenvalue weighted by atomic mass is 16.6. The lowest BCUT2D eigenvalue weighted by molar-refractivity contribution is 0.0579. The van der Waals surface area contributed by atoms with Crippen LogP contribution in [0, 0.1) is 0 Å². The van der Waals surface area contributed by atoms with Gasteiger partial charge < -0.3 is 9.47 Å². The molecular formula is C15H21NO4. The first-order valence-electron chi connectivity index (χ1n) is 6.47. The summed E-state index contributed by atoms with van der Waals surface area (Å²) in [4.78, 5) is 24.9. The van der Waals surface area contributed by atoms with Crippen molar-refractivity contribution in [3.05, 3.63) is 29.8 Å². The van der Waals surface area contributed by atoms with Gasteiger partial charge in [-0.3, -0.25) is 4.90 Å². The minimum absolute atomic E-state index is 0.406. The summed E-state index contributed by atoms with van der Waals surface area (Å²) < 4.78 is 9.97. The summed E-state index contributed by atoms with van der Waals surface area (Å²) >= 11 is 0. The third-order valence-electron chi connectivity index (χ3n) is 2.53. The van der Waals surface area contributed by atoms with Gasteiger partial charge in [-0.2, -0.15) is 0 Å². The molecule has 1 aromatic rings. The number of carbonyl (C=O) groups excluding carboxylic acids is 2. The first kappa shape index (κ1) is 16.0. The lowest BCUT2D eigenvalue weighted by atomic mass is 10.2. The minimum Gasteiger partial charge on any atom is -0.465 e. The van der Waals surface area contributed by atoms with E-state index >= 15 is 0 Å². The predicted molar refractivity (Wildman–Crippen MR) is 77.0 cm³/mol. The number of carbonyl (C=O) groups is 2. The number of methoxy groups -OCH3 is 1. The van der Waals surface area contributed by atoms with Crippen molar-refractivity contribution in [1.29, 1.82) is 0 Å². The monoisotopic (exact) mass is 279 g/mol. The summed E-state index contributed by atoms with van der Waals surface area (Å²) in [5.41, 5.74) is 0.571. The number of ether oxygens (including phenoxy) is 2. The van der Waals surface area contributed by atoms with E-state index < -0.39 is 17.7 Å². The second-order valence-corrected chi connectivity index (χ2v) is 5.26. The molecule has 0 atom stereocenters. The van der Waals surface area contributed by atoms with Crippen molar-refractivity contribution in [2.45, 2.75) is 33.3 Å².